The molecule has 8 heteroatoms. The zero-order valence-corrected chi connectivity index (χ0v) is 19.1. The van der Waals surface area contributed by atoms with Crippen molar-refractivity contribution in [3.05, 3.63) is 59.4 Å². The Bertz CT molecular complexity index is 968. The highest BCUT2D eigenvalue weighted by atomic mass is 19.1. The van der Waals surface area contributed by atoms with Gasteiger partial charge in [0, 0.05) is 64.3 Å². The number of piperazine rings is 1. The van der Waals surface area contributed by atoms with Gasteiger partial charge in [0.15, 0.2) is 0 Å². The summed E-state index contributed by atoms with van der Waals surface area (Å²) in [6, 6.07) is 12.2. The maximum atomic E-state index is 13.3. The van der Waals surface area contributed by atoms with Gasteiger partial charge >= 0.3 is 0 Å². The number of hydrogen-bond acceptors (Lipinski definition) is 5. The van der Waals surface area contributed by atoms with Crippen LogP contribution in [0.3, 0.4) is 0 Å². The largest absolute Gasteiger partial charge is 0.375 e. The minimum atomic E-state index is -0.251. The van der Waals surface area contributed by atoms with Crippen LogP contribution in [-0.2, 0) is 16.1 Å². The molecule has 33 heavy (non-hydrogen) atoms. The monoisotopic (exact) mass is 454 g/mol. The van der Waals surface area contributed by atoms with Crippen LogP contribution in [0, 0.1) is 5.82 Å². The average molecular weight is 455 g/mol. The van der Waals surface area contributed by atoms with Crippen molar-refractivity contribution in [1.29, 1.82) is 0 Å². The Morgan fingerprint density at radius 3 is 2.33 bits per heavy atom. The van der Waals surface area contributed by atoms with E-state index in [1.165, 1.54) is 19.2 Å². The molecule has 0 aliphatic carbocycles. The SMILES string of the molecule is COCC(=O)Nc1ccc(N2CCN(Cc3ccc(F)cc3)CC2)c(C(=O)N2CCCC2)c1. The van der Waals surface area contributed by atoms with Crippen LogP contribution < -0.4 is 10.2 Å². The van der Waals surface area contributed by atoms with Gasteiger partial charge in [0.05, 0.1) is 5.56 Å². The Hall–Kier alpha value is -2.97. The highest BCUT2D eigenvalue weighted by molar-refractivity contribution is 6.02. The second-order valence-corrected chi connectivity index (χ2v) is 8.60. The summed E-state index contributed by atoms with van der Waals surface area (Å²) in [5, 5.41) is 2.81. The van der Waals surface area contributed by atoms with Crippen molar-refractivity contribution in [2.45, 2.75) is 19.4 Å². The second kappa shape index (κ2) is 10.8. The number of ether oxygens (including phenoxy) is 1. The first-order valence-corrected chi connectivity index (χ1v) is 11.5. The highest BCUT2D eigenvalue weighted by Crippen LogP contribution is 2.28. The lowest BCUT2D eigenvalue weighted by molar-refractivity contribution is -0.119. The molecule has 0 unspecified atom stereocenters. The lowest BCUT2D eigenvalue weighted by Crippen LogP contribution is -2.46. The molecule has 2 heterocycles. The zero-order chi connectivity index (χ0) is 23.2. The van der Waals surface area contributed by atoms with Crippen LogP contribution in [0.2, 0.25) is 0 Å². The van der Waals surface area contributed by atoms with Crippen LogP contribution in [0.4, 0.5) is 15.8 Å². The third kappa shape index (κ3) is 5.89. The van der Waals surface area contributed by atoms with Gasteiger partial charge in [-0.15, -0.1) is 0 Å². The van der Waals surface area contributed by atoms with Crippen molar-refractivity contribution in [1.82, 2.24) is 9.80 Å². The molecule has 2 aliphatic heterocycles. The van der Waals surface area contributed by atoms with Crippen LogP contribution in [0.25, 0.3) is 0 Å². The fourth-order valence-electron chi connectivity index (χ4n) is 4.47. The summed E-state index contributed by atoms with van der Waals surface area (Å²) in [7, 11) is 1.47. The molecule has 1 N–H and O–H groups in total. The summed E-state index contributed by atoms with van der Waals surface area (Å²) in [5.74, 6) is -0.459. The van der Waals surface area contributed by atoms with E-state index in [2.05, 4.69) is 15.1 Å². The summed E-state index contributed by atoms with van der Waals surface area (Å²) in [5.41, 5.74) is 3.21. The first-order valence-electron chi connectivity index (χ1n) is 11.5. The molecule has 176 valence electrons. The van der Waals surface area contributed by atoms with E-state index in [-0.39, 0.29) is 24.2 Å². The summed E-state index contributed by atoms with van der Waals surface area (Å²) in [6.45, 7) is 5.55. The number of likely N-dealkylation sites (tertiary alicyclic amines) is 1. The minimum Gasteiger partial charge on any atom is -0.375 e. The van der Waals surface area contributed by atoms with E-state index < -0.39 is 0 Å². The summed E-state index contributed by atoms with van der Waals surface area (Å²) in [6.07, 6.45) is 2.04. The van der Waals surface area contributed by atoms with Gasteiger partial charge in [-0.2, -0.15) is 0 Å². The average Bonchev–Trinajstić information content (AvgIpc) is 3.36. The van der Waals surface area contributed by atoms with Gasteiger partial charge in [0.2, 0.25) is 5.91 Å². The van der Waals surface area contributed by atoms with E-state index in [9.17, 15) is 14.0 Å². The van der Waals surface area contributed by atoms with Crippen molar-refractivity contribution in [3.63, 3.8) is 0 Å². The Labute approximate surface area is 194 Å². The summed E-state index contributed by atoms with van der Waals surface area (Å²) < 4.78 is 18.1. The fourth-order valence-corrected chi connectivity index (χ4v) is 4.47. The van der Waals surface area contributed by atoms with Gasteiger partial charge in [-0.25, -0.2) is 4.39 Å². The van der Waals surface area contributed by atoms with E-state index in [0.717, 1.165) is 69.9 Å². The molecule has 2 aromatic carbocycles. The molecule has 2 aliphatic rings. The summed E-state index contributed by atoms with van der Waals surface area (Å²) >= 11 is 0. The van der Waals surface area contributed by atoms with Crippen LogP contribution >= 0.6 is 0 Å². The van der Waals surface area contributed by atoms with Gasteiger partial charge in [-0.1, -0.05) is 12.1 Å². The van der Waals surface area contributed by atoms with Crippen molar-refractivity contribution in [2.24, 2.45) is 0 Å². The molecule has 2 aromatic rings. The number of methoxy groups -OCH3 is 1. The molecule has 0 spiro atoms. The number of halogens is 1. The Morgan fingerprint density at radius 1 is 0.970 bits per heavy atom. The number of benzene rings is 2. The molecule has 0 aromatic heterocycles. The van der Waals surface area contributed by atoms with Crippen molar-refractivity contribution in [2.75, 3.05) is 63.2 Å². The number of carbonyl (C=O) groups excluding carboxylic acids is 2. The molecule has 2 saturated heterocycles. The Balaban J connectivity index is 1.48. The number of nitrogens with zero attached hydrogens (tertiary/aromatic N) is 3. The minimum absolute atomic E-state index is 0.0130. The molecular weight excluding hydrogens is 423 g/mol. The van der Waals surface area contributed by atoms with Crippen LogP contribution in [0.5, 0.6) is 0 Å². The van der Waals surface area contributed by atoms with E-state index >= 15 is 0 Å². The molecule has 0 radical (unpaired) electrons. The predicted molar refractivity (Wildman–Crippen MR) is 126 cm³/mol. The number of rotatable bonds is 7. The molecule has 2 fully saturated rings. The molecular formula is C25H31FN4O3. The first-order chi connectivity index (χ1) is 16.0. The fraction of sp³-hybridized carbons (Fsp3) is 0.440. The lowest BCUT2D eigenvalue weighted by Gasteiger charge is -2.37. The van der Waals surface area contributed by atoms with Gasteiger partial charge in [0.1, 0.15) is 12.4 Å². The highest BCUT2D eigenvalue weighted by Gasteiger charge is 2.26. The molecule has 0 bridgehead atoms. The van der Waals surface area contributed by atoms with Crippen LogP contribution in [0.1, 0.15) is 28.8 Å². The maximum Gasteiger partial charge on any atom is 0.256 e. The number of nitrogens with one attached hydrogen (secondary N) is 1. The molecule has 0 saturated carbocycles. The Morgan fingerprint density at radius 2 is 1.67 bits per heavy atom. The first kappa shape index (κ1) is 23.2. The predicted octanol–water partition coefficient (Wildman–Crippen LogP) is 2.97. The van der Waals surface area contributed by atoms with Gasteiger partial charge in [0.25, 0.3) is 5.91 Å². The second-order valence-electron chi connectivity index (χ2n) is 8.60. The number of hydrogen-bond donors (Lipinski definition) is 1. The summed E-state index contributed by atoms with van der Waals surface area (Å²) in [4.78, 5) is 31.8. The van der Waals surface area contributed by atoms with E-state index in [0.29, 0.717) is 11.3 Å². The van der Waals surface area contributed by atoms with Crippen LogP contribution in [0.15, 0.2) is 42.5 Å². The molecule has 7 nitrogen and oxygen atoms in total. The standard InChI is InChI=1S/C25H31FN4O3/c1-33-18-24(31)27-21-8-9-23(22(16-21)25(32)30-10-2-3-11-30)29-14-12-28(13-15-29)17-19-4-6-20(26)7-5-19/h4-9,16H,2-3,10-15,17-18H2,1H3,(H,27,31). The third-order valence-electron chi connectivity index (χ3n) is 6.21. The number of anilines is 2. The van der Waals surface area contributed by atoms with E-state index in [1.807, 2.05) is 29.2 Å². The van der Waals surface area contributed by atoms with Gasteiger partial charge in [-0.3, -0.25) is 14.5 Å². The van der Waals surface area contributed by atoms with Crippen LogP contribution in [-0.4, -0.2) is 74.6 Å². The van der Waals surface area contributed by atoms with Gasteiger partial charge < -0.3 is 19.9 Å². The van der Waals surface area contributed by atoms with Crippen molar-refractivity contribution >= 4 is 23.2 Å². The quantitative estimate of drug-likeness (QED) is 0.697. The molecule has 2 amide bonds. The van der Waals surface area contributed by atoms with Crippen molar-refractivity contribution in [3.8, 4) is 0 Å². The number of carbonyl (C=O) groups is 2. The zero-order valence-electron chi connectivity index (χ0n) is 19.1. The van der Waals surface area contributed by atoms with E-state index in [1.54, 1.807) is 6.07 Å². The molecule has 4 rings (SSSR count). The third-order valence-corrected chi connectivity index (χ3v) is 6.21. The van der Waals surface area contributed by atoms with Gasteiger partial charge in [-0.05, 0) is 48.7 Å². The lowest BCUT2D eigenvalue weighted by atomic mass is 10.1. The topological polar surface area (TPSA) is 65.1 Å². The van der Waals surface area contributed by atoms with E-state index in [4.69, 9.17) is 4.74 Å². The molecule has 0 atom stereocenters. The normalized spacial score (nSPS) is 16.8. The van der Waals surface area contributed by atoms with Crippen molar-refractivity contribution < 1.29 is 18.7 Å². The number of amides is 2. The Kier molecular flexibility index (Phi) is 7.57. The maximum absolute atomic E-state index is 13.3. The smallest absolute Gasteiger partial charge is 0.256 e.